The molecule has 0 aromatic heterocycles. The third-order valence-electron chi connectivity index (χ3n) is 3.85. The molecule has 0 radical (unpaired) electrons. The van der Waals surface area contributed by atoms with Crippen molar-refractivity contribution in [3.63, 3.8) is 0 Å². The van der Waals surface area contributed by atoms with Crippen LogP contribution < -0.4 is 0 Å². The Morgan fingerprint density at radius 1 is 1.32 bits per heavy atom. The number of nitrogens with zero attached hydrogens (tertiary/aromatic N) is 1. The summed E-state index contributed by atoms with van der Waals surface area (Å²) in [5, 5.41) is 0. The SMILES string of the molecule is C=CC1=C(COCC)CCN(S(=O)(=O)c2ccc(C)cc2)C1. The number of hydrogen-bond donors (Lipinski definition) is 0. The normalized spacial score (nSPS) is 16.8. The summed E-state index contributed by atoms with van der Waals surface area (Å²) in [4.78, 5) is 0.342. The summed E-state index contributed by atoms with van der Waals surface area (Å²) in [5.41, 5.74) is 3.14. The van der Waals surface area contributed by atoms with Gasteiger partial charge < -0.3 is 4.74 Å². The maximum absolute atomic E-state index is 12.7. The average molecular weight is 321 g/mol. The van der Waals surface area contributed by atoms with Crippen LogP contribution in [0.4, 0.5) is 0 Å². The van der Waals surface area contributed by atoms with E-state index in [0.29, 0.717) is 37.6 Å². The van der Waals surface area contributed by atoms with Crippen LogP contribution in [0.1, 0.15) is 18.9 Å². The zero-order chi connectivity index (χ0) is 16.2. The molecule has 0 bridgehead atoms. The summed E-state index contributed by atoms with van der Waals surface area (Å²) in [7, 11) is -3.46. The monoisotopic (exact) mass is 321 g/mol. The standard InChI is InChI=1S/C17H23NO3S/c1-4-15-12-18(11-10-16(15)13-21-5-2)22(19,20)17-8-6-14(3)7-9-17/h4,6-9H,1,5,10-13H2,2-3H3. The Labute approximate surface area is 133 Å². The second-order valence-electron chi connectivity index (χ2n) is 5.37. The van der Waals surface area contributed by atoms with Gasteiger partial charge in [-0.1, -0.05) is 30.4 Å². The highest BCUT2D eigenvalue weighted by atomic mass is 32.2. The molecule has 1 aliphatic heterocycles. The summed E-state index contributed by atoms with van der Waals surface area (Å²) >= 11 is 0. The van der Waals surface area contributed by atoms with Crippen molar-refractivity contribution < 1.29 is 13.2 Å². The zero-order valence-corrected chi connectivity index (χ0v) is 14.0. The molecule has 1 heterocycles. The average Bonchev–Trinajstić information content (AvgIpc) is 2.53. The minimum absolute atomic E-state index is 0.342. The summed E-state index contributed by atoms with van der Waals surface area (Å²) < 4.78 is 32.4. The summed E-state index contributed by atoms with van der Waals surface area (Å²) in [6.45, 7) is 9.75. The van der Waals surface area contributed by atoms with Crippen molar-refractivity contribution in [3.05, 3.63) is 53.6 Å². The van der Waals surface area contributed by atoms with Gasteiger partial charge in [0.15, 0.2) is 0 Å². The first kappa shape index (κ1) is 16.9. The van der Waals surface area contributed by atoms with E-state index in [-0.39, 0.29) is 0 Å². The number of sulfonamides is 1. The molecule has 1 aromatic rings. The Morgan fingerprint density at radius 3 is 2.59 bits per heavy atom. The van der Waals surface area contributed by atoms with Crippen LogP contribution in [-0.2, 0) is 14.8 Å². The second-order valence-corrected chi connectivity index (χ2v) is 7.31. The van der Waals surface area contributed by atoms with Crippen molar-refractivity contribution >= 4 is 10.0 Å². The van der Waals surface area contributed by atoms with E-state index in [9.17, 15) is 8.42 Å². The Morgan fingerprint density at radius 2 is 2.00 bits per heavy atom. The van der Waals surface area contributed by atoms with Gasteiger partial charge in [-0.15, -0.1) is 0 Å². The lowest BCUT2D eigenvalue weighted by Gasteiger charge is -2.29. The van der Waals surface area contributed by atoms with Crippen LogP contribution in [0.25, 0.3) is 0 Å². The van der Waals surface area contributed by atoms with E-state index in [1.165, 1.54) is 4.31 Å². The van der Waals surface area contributed by atoms with Crippen molar-refractivity contribution in [2.45, 2.75) is 25.2 Å². The molecule has 0 amide bonds. The third kappa shape index (κ3) is 3.66. The molecule has 0 aliphatic carbocycles. The maximum Gasteiger partial charge on any atom is 0.243 e. The summed E-state index contributed by atoms with van der Waals surface area (Å²) in [6.07, 6.45) is 2.43. The lowest BCUT2D eigenvalue weighted by atomic mass is 10.0. The van der Waals surface area contributed by atoms with Crippen LogP contribution in [0.5, 0.6) is 0 Å². The molecular formula is C17H23NO3S. The van der Waals surface area contributed by atoms with E-state index < -0.39 is 10.0 Å². The fourth-order valence-corrected chi connectivity index (χ4v) is 3.88. The predicted octanol–water partition coefficient (Wildman–Crippen LogP) is 2.91. The molecule has 0 fully saturated rings. The number of hydrogen-bond acceptors (Lipinski definition) is 3. The highest BCUT2D eigenvalue weighted by Crippen LogP contribution is 2.25. The van der Waals surface area contributed by atoms with Crippen molar-refractivity contribution in [2.24, 2.45) is 0 Å². The lowest BCUT2D eigenvalue weighted by Crippen LogP contribution is -2.37. The van der Waals surface area contributed by atoms with E-state index in [4.69, 9.17) is 4.74 Å². The molecule has 0 saturated carbocycles. The smallest absolute Gasteiger partial charge is 0.243 e. The van der Waals surface area contributed by atoms with Gasteiger partial charge in [-0.2, -0.15) is 4.31 Å². The van der Waals surface area contributed by atoms with Gasteiger partial charge in [0.1, 0.15) is 0 Å². The molecule has 0 saturated heterocycles. The minimum Gasteiger partial charge on any atom is -0.377 e. The van der Waals surface area contributed by atoms with Crippen LogP contribution in [0.2, 0.25) is 0 Å². The number of ether oxygens (including phenoxy) is 1. The Bertz CT molecular complexity index is 660. The van der Waals surface area contributed by atoms with Gasteiger partial charge in [0, 0.05) is 19.7 Å². The first-order chi connectivity index (χ1) is 10.5. The van der Waals surface area contributed by atoms with E-state index in [2.05, 4.69) is 6.58 Å². The maximum atomic E-state index is 12.7. The van der Waals surface area contributed by atoms with Gasteiger partial charge in [-0.25, -0.2) is 8.42 Å². The lowest BCUT2D eigenvalue weighted by molar-refractivity contribution is 0.165. The predicted molar refractivity (Wildman–Crippen MR) is 88.3 cm³/mol. The van der Waals surface area contributed by atoms with Crippen LogP contribution in [0, 0.1) is 6.92 Å². The van der Waals surface area contributed by atoms with Gasteiger partial charge in [0.2, 0.25) is 10.0 Å². The molecule has 1 aromatic carbocycles. The van der Waals surface area contributed by atoms with Crippen molar-refractivity contribution in [3.8, 4) is 0 Å². The molecule has 0 spiro atoms. The fourth-order valence-electron chi connectivity index (χ4n) is 2.46. The molecule has 5 heteroatoms. The van der Waals surface area contributed by atoms with E-state index in [1.54, 1.807) is 18.2 Å². The summed E-state index contributed by atoms with van der Waals surface area (Å²) in [5.74, 6) is 0. The Kier molecular flexibility index (Phi) is 5.56. The third-order valence-corrected chi connectivity index (χ3v) is 5.71. The number of rotatable bonds is 6. The summed E-state index contributed by atoms with van der Waals surface area (Å²) in [6, 6.07) is 6.97. The Balaban J connectivity index is 2.22. The molecule has 0 N–H and O–H groups in total. The first-order valence-corrected chi connectivity index (χ1v) is 8.91. The van der Waals surface area contributed by atoms with Gasteiger partial charge in [-0.3, -0.25) is 0 Å². The molecule has 4 nitrogen and oxygen atoms in total. The molecule has 0 unspecified atom stereocenters. The number of benzene rings is 1. The molecule has 22 heavy (non-hydrogen) atoms. The molecule has 2 rings (SSSR count). The quantitative estimate of drug-likeness (QED) is 0.809. The molecular weight excluding hydrogens is 298 g/mol. The van der Waals surface area contributed by atoms with Crippen LogP contribution in [0.15, 0.2) is 53.0 Å². The fraction of sp³-hybridized carbons (Fsp3) is 0.412. The molecule has 120 valence electrons. The van der Waals surface area contributed by atoms with Crippen LogP contribution in [-0.4, -0.2) is 39.0 Å². The number of aryl methyl sites for hydroxylation is 1. The first-order valence-electron chi connectivity index (χ1n) is 7.47. The van der Waals surface area contributed by atoms with Crippen LogP contribution in [0.3, 0.4) is 0 Å². The van der Waals surface area contributed by atoms with Crippen LogP contribution >= 0.6 is 0 Å². The molecule has 1 aliphatic rings. The van der Waals surface area contributed by atoms with Gasteiger partial charge >= 0.3 is 0 Å². The van der Waals surface area contributed by atoms with Crippen molar-refractivity contribution in [1.82, 2.24) is 4.31 Å². The Hall–Kier alpha value is -1.43. The largest absolute Gasteiger partial charge is 0.377 e. The van der Waals surface area contributed by atoms with Gasteiger partial charge in [0.25, 0.3) is 0 Å². The second kappa shape index (κ2) is 7.22. The van der Waals surface area contributed by atoms with Gasteiger partial charge in [-0.05, 0) is 43.5 Å². The van der Waals surface area contributed by atoms with E-state index in [0.717, 1.165) is 16.7 Å². The highest BCUT2D eigenvalue weighted by molar-refractivity contribution is 7.89. The topological polar surface area (TPSA) is 46.6 Å². The van der Waals surface area contributed by atoms with Crippen molar-refractivity contribution in [1.29, 1.82) is 0 Å². The zero-order valence-electron chi connectivity index (χ0n) is 13.2. The highest BCUT2D eigenvalue weighted by Gasteiger charge is 2.28. The van der Waals surface area contributed by atoms with Gasteiger partial charge in [0.05, 0.1) is 11.5 Å². The minimum atomic E-state index is -3.46. The van der Waals surface area contributed by atoms with E-state index in [1.807, 2.05) is 26.0 Å². The molecule has 0 atom stereocenters. The van der Waals surface area contributed by atoms with Crippen molar-refractivity contribution in [2.75, 3.05) is 26.3 Å². The van der Waals surface area contributed by atoms with E-state index >= 15 is 0 Å².